The zero-order chi connectivity index (χ0) is 30.3. The van der Waals surface area contributed by atoms with Gasteiger partial charge in [-0.1, -0.05) is 136 Å². The van der Waals surface area contributed by atoms with Crippen molar-refractivity contribution in [3.8, 4) is 0 Å². The summed E-state index contributed by atoms with van der Waals surface area (Å²) in [6.45, 7) is 24.3. The van der Waals surface area contributed by atoms with Crippen LogP contribution in [0.15, 0.2) is 24.3 Å². The first-order valence-electron chi connectivity index (χ1n) is 18.4. The van der Waals surface area contributed by atoms with Crippen molar-refractivity contribution in [3.05, 3.63) is 24.3 Å². The predicted octanol–water partition coefficient (Wildman–Crippen LogP) is 11.8. The van der Waals surface area contributed by atoms with Gasteiger partial charge in [0, 0.05) is 6.04 Å². The minimum Gasteiger partial charge on any atom is -0.314 e. The van der Waals surface area contributed by atoms with Crippen LogP contribution in [0.3, 0.4) is 0 Å². The molecule has 0 bridgehead atoms. The summed E-state index contributed by atoms with van der Waals surface area (Å²) in [5.41, 5.74) is 2.95. The van der Waals surface area contributed by atoms with Gasteiger partial charge < -0.3 is 10.2 Å². The summed E-state index contributed by atoms with van der Waals surface area (Å²) in [7, 11) is 2.32. The van der Waals surface area contributed by atoms with E-state index < -0.39 is 0 Å². The Morgan fingerprint density at radius 1 is 0.707 bits per heavy atom. The van der Waals surface area contributed by atoms with E-state index in [1.165, 1.54) is 166 Å². The standard InChI is InChI=1S/C39H76N2/c1-33(2)20-10-14-25-38(26-15-12-22-35(5)21-11-13-24-37(7)34(3)4)32-36(6)23-19-31-41(8)30-17-9-16-29-40-39-27-18-28-39/h33-35,38-40H,6-7,9-32H2,1-5,8H3. The molecule has 2 heteroatoms. The monoisotopic (exact) mass is 573 g/mol. The van der Waals surface area contributed by atoms with E-state index in [1.807, 2.05) is 0 Å². The first-order valence-corrected chi connectivity index (χ1v) is 18.4. The van der Waals surface area contributed by atoms with E-state index in [9.17, 15) is 0 Å². The van der Waals surface area contributed by atoms with E-state index in [2.05, 4.69) is 65.0 Å². The molecule has 0 amide bonds. The Kier molecular flexibility index (Phi) is 23.2. The Labute approximate surface area is 260 Å². The van der Waals surface area contributed by atoms with Crippen molar-refractivity contribution in [2.45, 2.75) is 175 Å². The minimum atomic E-state index is 0.645. The molecule has 2 atom stereocenters. The summed E-state index contributed by atoms with van der Waals surface area (Å²) in [4.78, 5) is 2.55. The highest BCUT2D eigenvalue weighted by Gasteiger charge is 2.15. The molecule has 0 aromatic heterocycles. The average Bonchev–Trinajstić information content (AvgIpc) is 2.89. The number of allylic oxidation sites excluding steroid dienone is 2. The molecule has 0 aliphatic heterocycles. The lowest BCUT2D eigenvalue weighted by atomic mass is 9.87. The largest absolute Gasteiger partial charge is 0.314 e. The van der Waals surface area contributed by atoms with Gasteiger partial charge in [0.1, 0.15) is 0 Å². The Morgan fingerprint density at radius 3 is 1.93 bits per heavy atom. The normalized spacial score (nSPS) is 15.5. The van der Waals surface area contributed by atoms with E-state index in [0.717, 1.165) is 23.8 Å². The van der Waals surface area contributed by atoms with Crippen LogP contribution >= 0.6 is 0 Å². The summed E-state index contributed by atoms with van der Waals surface area (Å²) in [5.74, 6) is 3.22. The van der Waals surface area contributed by atoms with Gasteiger partial charge >= 0.3 is 0 Å². The van der Waals surface area contributed by atoms with E-state index in [1.54, 1.807) is 0 Å². The van der Waals surface area contributed by atoms with E-state index in [-0.39, 0.29) is 0 Å². The van der Waals surface area contributed by atoms with Gasteiger partial charge in [0.25, 0.3) is 0 Å². The van der Waals surface area contributed by atoms with Gasteiger partial charge in [-0.25, -0.2) is 0 Å². The summed E-state index contributed by atoms with van der Waals surface area (Å²) in [5, 5.41) is 3.70. The zero-order valence-corrected chi connectivity index (χ0v) is 29.2. The number of hydrogen-bond acceptors (Lipinski definition) is 2. The maximum atomic E-state index is 4.56. The predicted molar refractivity (Wildman–Crippen MR) is 187 cm³/mol. The van der Waals surface area contributed by atoms with Gasteiger partial charge in [-0.15, -0.1) is 0 Å². The fourth-order valence-electron chi connectivity index (χ4n) is 6.36. The van der Waals surface area contributed by atoms with Gasteiger partial charge in [-0.2, -0.15) is 0 Å². The lowest BCUT2D eigenvalue weighted by molar-refractivity contribution is 0.311. The van der Waals surface area contributed by atoms with Crippen LogP contribution in [0.25, 0.3) is 0 Å². The van der Waals surface area contributed by atoms with Crippen molar-refractivity contribution in [3.63, 3.8) is 0 Å². The van der Waals surface area contributed by atoms with Crippen molar-refractivity contribution < 1.29 is 0 Å². The van der Waals surface area contributed by atoms with Crippen LogP contribution in [0.2, 0.25) is 0 Å². The van der Waals surface area contributed by atoms with Gasteiger partial charge in [-0.05, 0) is 108 Å². The lowest BCUT2D eigenvalue weighted by Crippen LogP contribution is -2.35. The molecule has 1 fully saturated rings. The highest BCUT2D eigenvalue weighted by atomic mass is 15.1. The maximum Gasteiger partial charge on any atom is 0.00670 e. The number of hydrogen-bond donors (Lipinski definition) is 1. The van der Waals surface area contributed by atoms with Crippen LogP contribution in [-0.4, -0.2) is 37.6 Å². The van der Waals surface area contributed by atoms with Crippen LogP contribution in [-0.2, 0) is 0 Å². The Bertz CT molecular complexity index is 631. The number of nitrogens with zero attached hydrogens (tertiary/aromatic N) is 1. The second-order valence-electron chi connectivity index (χ2n) is 15.0. The Balaban J connectivity index is 2.20. The van der Waals surface area contributed by atoms with Crippen LogP contribution in [0.5, 0.6) is 0 Å². The minimum absolute atomic E-state index is 0.645. The molecule has 0 radical (unpaired) electrons. The smallest absolute Gasteiger partial charge is 0.00670 e. The molecule has 0 spiro atoms. The molecule has 1 aliphatic carbocycles. The molecular formula is C39H76N2. The van der Waals surface area contributed by atoms with Crippen LogP contribution in [0.4, 0.5) is 0 Å². The first-order chi connectivity index (χ1) is 19.7. The molecule has 242 valence electrons. The molecule has 0 aromatic carbocycles. The Morgan fingerprint density at radius 2 is 1.32 bits per heavy atom. The fraction of sp³-hybridized carbons (Fsp3) is 0.897. The molecule has 1 aliphatic rings. The van der Waals surface area contributed by atoms with Gasteiger partial charge in [0.15, 0.2) is 0 Å². The van der Waals surface area contributed by atoms with Gasteiger partial charge in [0.2, 0.25) is 0 Å². The van der Waals surface area contributed by atoms with Crippen LogP contribution < -0.4 is 5.32 Å². The molecule has 2 unspecified atom stereocenters. The Hall–Kier alpha value is -0.600. The zero-order valence-electron chi connectivity index (χ0n) is 29.2. The number of nitrogens with one attached hydrogen (secondary N) is 1. The number of rotatable bonds is 29. The average molecular weight is 573 g/mol. The highest BCUT2D eigenvalue weighted by Crippen LogP contribution is 2.27. The molecule has 1 N–H and O–H groups in total. The van der Waals surface area contributed by atoms with Gasteiger partial charge in [0.05, 0.1) is 0 Å². The lowest BCUT2D eigenvalue weighted by Gasteiger charge is -2.26. The molecule has 0 heterocycles. The highest BCUT2D eigenvalue weighted by molar-refractivity contribution is 4.97. The van der Waals surface area contributed by atoms with Crippen molar-refractivity contribution in [1.29, 1.82) is 0 Å². The first kappa shape index (κ1) is 38.4. The van der Waals surface area contributed by atoms with E-state index >= 15 is 0 Å². The second-order valence-corrected chi connectivity index (χ2v) is 15.0. The van der Waals surface area contributed by atoms with Crippen molar-refractivity contribution >= 4 is 0 Å². The topological polar surface area (TPSA) is 15.3 Å². The van der Waals surface area contributed by atoms with Crippen molar-refractivity contribution in [2.24, 2.45) is 23.7 Å². The molecule has 1 saturated carbocycles. The molecule has 41 heavy (non-hydrogen) atoms. The third kappa shape index (κ3) is 22.6. The van der Waals surface area contributed by atoms with Gasteiger partial charge in [-0.3, -0.25) is 0 Å². The van der Waals surface area contributed by atoms with Crippen molar-refractivity contribution in [1.82, 2.24) is 10.2 Å². The quantitative estimate of drug-likeness (QED) is 0.0708. The third-order valence-corrected chi connectivity index (χ3v) is 9.87. The maximum absolute atomic E-state index is 4.56. The van der Waals surface area contributed by atoms with Crippen molar-refractivity contribution in [2.75, 3.05) is 26.7 Å². The summed E-state index contributed by atoms with van der Waals surface area (Å²) >= 11 is 0. The SMILES string of the molecule is C=C(CCCN(C)CCCCCNC1CCC1)CC(CCCCC(C)C)CCCCC(C)CCCCC(=C)C(C)C. The number of unbranched alkanes of at least 4 members (excludes halogenated alkanes) is 5. The molecule has 1 rings (SSSR count). The summed E-state index contributed by atoms with van der Waals surface area (Å²) < 4.78 is 0. The summed E-state index contributed by atoms with van der Waals surface area (Å²) in [6, 6.07) is 0.843. The van der Waals surface area contributed by atoms with Crippen LogP contribution in [0.1, 0.15) is 169 Å². The van der Waals surface area contributed by atoms with E-state index in [0.29, 0.717) is 5.92 Å². The van der Waals surface area contributed by atoms with E-state index in [4.69, 9.17) is 0 Å². The molecule has 0 saturated heterocycles. The fourth-order valence-corrected chi connectivity index (χ4v) is 6.36. The van der Waals surface area contributed by atoms with Crippen LogP contribution in [0, 0.1) is 23.7 Å². The molecular weight excluding hydrogens is 496 g/mol. The third-order valence-electron chi connectivity index (χ3n) is 9.87. The second kappa shape index (κ2) is 24.8. The molecule has 0 aromatic rings. The molecule has 2 nitrogen and oxygen atoms in total. The summed E-state index contributed by atoms with van der Waals surface area (Å²) in [6.07, 6.45) is 28.7.